The number of pyridine rings is 1. The minimum atomic E-state index is -0.261. The summed E-state index contributed by atoms with van der Waals surface area (Å²) in [6, 6.07) is 16.6. The van der Waals surface area contributed by atoms with Gasteiger partial charge in [-0.05, 0) is 48.6 Å². The Kier molecular flexibility index (Phi) is 4.64. The molecule has 2 aromatic carbocycles. The highest BCUT2D eigenvalue weighted by atomic mass is 79.9. The van der Waals surface area contributed by atoms with Crippen LogP contribution in [0.5, 0.6) is 0 Å². The molecule has 3 aromatic rings. The second kappa shape index (κ2) is 6.85. The van der Waals surface area contributed by atoms with Crippen LogP contribution in [-0.2, 0) is 0 Å². The molecule has 3 rings (SSSR count). The van der Waals surface area contributed by atoms with E-state index in [-0.39, 0.29) is 11.0 Å². The van der Waals surface area contributed by atoms with E-state index in [2.05, 4.69) is 31.5 Å². The summed E-state index contributed by atoms with van der Waals surface area (Å²) in [4.78, 5) is 16.5. The maximum Gasteiger partial charge on any atom is 0.257 e. The van der Waals surface area contributed by atoms with Crippen molar-refractivity contribution in [2.24, 2.45) is 0 Å². The van der Waals surface area contributed by atoms with Crippen molar-refractivity contribution >= 4 is 55.8 Å². The standard InChI is InChI=1S/C17H12BrN3OS/c18-13-8-6-12(7-9-13)16(22)21-17(23)20-14-5-1-3-11-4-2-10-19-15(11)14/h1-10H,(H2,20,21,22,23). The fraction of sp³-hybridized carbons (Fsp3) is 0. The van der Waals surface area contributed by atoms with Gasteiger partial charge in [-0.2, -0.15) is 0 Å². The van der Waals surface area contributed by atoms with E-state index in [0.717, 1.165) is 21.1 Å². The number of nitrogens with one attached hydrogen (secondary N) is 2. The van der Waals surface area contributed by atoms with Crippen LogP contribution >= 0.6 is 28.1 Å². The molecule has 0 saturated heterocycles. The van der Waals surface area contributed by atoms with Crippen LogP contribution in [0.4, 0.5) is 5.69 Å². The number of benzene rings is 2. The first kappa shape index (κ1) is 15.6. The highest BCUT2D eigenvalue weighted by Gasteiger charge is 2.09. The van der Waals surface area contributed by atoms with Crippen LogP contribution in [0.15, 0.2) is 65.3 Å². The minimum absolute atomic E-state index is 0.232. The Balaban J connectivity index is 1.74. The highest BCUT2D eigenvalue weighted by Crippen LogP contribution is 2.20. The predicted molar refractivity (Wildman–Crippen MR) is 99.6 cm³/mol. The van der Waals surface area contributed by atoms with Gasteiger partial charge in [0.15, 0.2) is 5.11 Å². The second-order valence-corrected chi connectivity index (χ2v) is 6.12. The van der Waals surface area contributed by atoms with Crippen molar-refractivity contribution in [1.29, 1.82) is 0 Å². The van der Waals surface area contributed by atoms with Gasteiger partial charge in [-0.1, -0.05) is 34.1 Å². The Morgan fingerprint density at radius 3 is 2.57 bits per heavy atom. The monoisotopic (exact) mass is 385 g/mol. The topological polar surface area (TPSA) is 54.0 Å². The largest absolute Gasteiger partial charge is 0.331 e. The zero-order valence-corrected chi connectivity index (χ0v) is 14.3. The summed E-state index contributed by atoms with van der Waals surface area (Å²) in [5.74, 6) is -0.261. The quantitative estimate of drug-likeness (QED) is 0.651. The van der Waals surface area contributed by atoms with Crippen molar-refractivity contribution in [3.8, 4) is 0 Å². The number of aromatic nitrogens is 1. The normalized spacial score (nSPS) is 10.3. The lowest BCUT2D eigenvalue weighted by Gasteiger charge is -2.11. The van der Waals surface area contributed by atoms with Crippen LogP contribution in [0.1, 0.15) is 10.4 Å². The van der Waals surface area contributed by atoms with E-state index in [9.17, 15) is 4.79 Å². The van der Waals surface area contributed by atoms with E-state index in [0.29, 0.717) is 5.56 Å². The number of fused-ring (bicyclic) bond motifs is 1. The third-order valence-corrected chi connectivity index (χ3v) is 3.95. The van der Waals surface area contributed by atoms with Gasteiger partial charge in [0.2, 0.25) is 0 Å². The van der Waals surface area contributed by atoms with Gasteiger partial charge in [0.25, 0.3) is 5.91 Å². The molecular formula is C17H12BrN3OS. The number of halogens is 1. The number of nitrogens with zero attached hydrogens (tertiary/aromatic N) is 1. The first-order valence-corrected chi connectivity index (χ1v) is 8.05. The van der Waals surface area contributed by atoms with Crippen molar-refractivity contribution in [2.75, 3.05) is 5.32 Å². The molecule has 6 heteroatoms. The fourth-order valence-electron chi connectivity index (χ4n) is 2.14. The van der Waals surface area contributed by atoms with Gasteiger partial charge in [-0.25, -0.2) is 0 Å². The maximum absolute atomic E-state index is 12.2. The zero-order chi connectivity index (χ0) is 16.2. The molecule has 0 radical (unpaired) electrons. The van der Waals surface area contributed by atoms with Gasteiger partial charge in [-0.15, -0.1) is 0 Å². The Hall–Kier alpha value is -2.31. The summed E-state index contributed by atoms with van der Waals surface area (Å²) in [5.41, 5.74) is 2.09. The lowest BCUT2D eigenvalue weighted by atomic mass is 10.2. The van der Waals surface area contributed by atoms with Crippen LogP contribution in [0.25, 0.3) is 10.9 Å². The molecule has 0 fully saturated rings. The summed E-state index contributed by atoms with van der Waals surface area (Å²) in [6.45, 7) is 0. The van der Waals surface area contributed by atoms with Gasteiger partial charge in [0.05, 0.1) is 11.2 Å². The summed E-state index contributed by atoms with van der Waals surface area (Å²) in [5, 5.41) is 6.92. The maximum atomic E-state index is 12.2. The first-order chi connectivity index (χ1) is 11.1. The third kappa shape index (κ3) is 3.72. The molecule has 0 saturated carbocycles. The van der Waals surface area contributed by atoms with Gasteiger partial charge in [0.1, 0.15) is 0 Å². The molecule has 23 heavy (non-hydrogen) atoms. The lowest BCUT2D eigenvalue weighted by molar-refractivity contribution is 0.0977. The SMILES string of the molecule is O=C(NC(=S)Nc1cccc2cccnc12)c1ccc(Br)cc1. The van der Waals surface area contributed by atoms with Crippen molar-refractivity contribution < 1.29 is 4.79 Å². The molecule has 1 aromatic heterocycles. The van der Waals surface area contributed by atoms with E-state index in [1.165, 1.54) is 0 Å². The molecule has 0 unspecified atom stereocenters. The first-order valence-electron chi connectivity index (χ1n) is 6.85. The van der Waals surface area contributed by atoms with Crippen molar-refractivity contribution in [2.45, 2.75) is 0 Å². The summed E-state index contributed by atoms with van der Waals surface area (Å²) >= 11 is 8.56. The number of anilines is 1. The number of carbonyl (C=O) groups excluding carboxylic acids is 1. The number of para-hydroxylation sites is 1. The molecule has 0 atom stereocenters. The Bertz CT molecular complexity index is 875. The van der Waals surface area contributed by atoms with Crippen LogP contribution in [0.2, 0.25) is 0 Å². The lowest BCUT2D eigenvalue weighted by Crippen LogP contribution is -2.34. The number of amides is 1. The number of hydrogen-bond acceptors (Lipinski definition) is 3. The van der Waals surface area contributed by atoms with E-state index in [1.807, 2.05) is 30.3 Å². The molecular weight excluding hydrogens is 374 g/mol. The van der Waals surface area contributed by atoms with Crippen molar-refractivity contribution in [1.82, 2.24) is 10.3 Å². The van der Waals surface area contributed by atoms with Crippen LogP contribution < -0.4 is 10.6 Å². The number of carbonyl (C=O) groups is 1. The van der Waals surface area contributed by atoms with E-state index in [1.54, 1.807) is 30.5 Å². The molecule has 0 aliphatic carbocycles. The van der Waals surface area contributed by atoms with Gasteiger partial charge >= 0.3 is 0 Å². The molecule has 114 valence electrons. The van der Waals surface area contributed by atoms with Gasteiger partial charge in [-0.3, -0.25) is 15.1 Å². The third-order valence-electron chi connectivity index (χ3n) is 3.21. The molecule has 0 aliphatic rings. The molecule has 4 nitrogen and oxygen atoms in total. The number of rotatable bonds is 2. The Labute approximate surface area is 147 Å². The fourth-order valence-corrected chi connectivity index (χ4v) is 2.60. The van der Waals surface area contributed by atoms with Crippen LogP contribution in [-0.4, -0.2) is 16.0 Å². The molecule has 0 bridgehead atoms. The van der Waals surface area contributed by atoms with Crippen molar-refractivity contribution in [3.05, 3.63) is 70.8 Å². The van der Waals surface area contributed by atoms with Gasteiger partial charge < -0.3 is 5.32 Å². The zero-order valence-electron chi connectivity index (χ0n) is 11.9. The molecule has 1 amide bonds. The van der Waals surface area contributed by atoms with E-state index >= 15 is 0 Å². The summed E-state index contributed by atoms with van der Waals surface area (Å²) < 4.78 is 0.914. The molecule has 1 heterocycles. The average molecular weight is 386 g/mol. The Morgan fingerprint density at radius 2 is 1.78 bits per heavy atom. The number of thiocarbonyl (C=S) groups is 1. The Morgan fingerprint density at radius 1 is 1.04 bits per heavy atom. The van der Waals surface area contributed by atoms with Crippen LogP contribution in [0, 0.1) is 0 Å². The molecule has 0 spiro atoms. The highest BCUT2D eigenvalue weighted by molar-refractivity contribution is 9.10. The summed E-state index contributed by atoms with van der Waals surface area (Å²) in [6.07, 6.45) is 1.72. The average Bonchev–Trinajstić information content (AvgIpc) is 2.55. The van der Waals surface area contributed by atoms with E-state index in [4.69, 9.17) is 12.2 Å². The second-order valence-electron chi connectivity index (χ2n) is 4.80. The molecule has 0 aliphatic heterocycles. The van der Waals surface area contributed by atoms with E-state index < -0.39 is 0 Å². The minimum Gasteiger partial charge on any atom is -0.331 e. The van der Waals surface area contributed by atoms with Gasteiger partial charge in [0, 0.05) is 21.6 Å². The number of hydrogen-bond donors (Lipinski definition) is 2. The smallest absolute Gasteiger partial charge is 0.257 e. The predicted octanol–water partition coefficient (Wildman–Crippen LogP) is 4.12. The summed E-state index contributed by atoms with van der Waals surface area (Å²) in [7, 11) is 0. The van der Waals surface area contributed by atoms with Crippen molar-refractivity contribution in [3.63, 3.8) is 0 Å². The van der Waals surface area contributed by atoms with Crippen LogP contribution in [0.3, 0.4) is 0 Å². The molecule has 2 N–H and O–H groups in total.